The Kier molecular flexibility index (Phi) is 6.07. The van der Waals surface area contributed by atoms with Crippen molar-refractivity contribution in [2.75, 3.05) is 12.0 Å². The number of rotatable bonds is 4. The number of carboxylic acids is 2. The van der Waals surface area contributed by atoms with E-state index in [0.29, 0.717) is 12.2 Å². The minimum absolute atomic E-state index is 0.300. The first-order valence-corrected chi connectivity index (χ1v) is 6.26. The molecule has 0 atom stereocenters. The summed E-state index contributed by atoms with van der Waals surface area (Å²) < 4.78 is 13.1. The van der Waals surface area contributed by atoms with Crippen molar-refractivity contribution in [2.24, 2.45) is 0 Å². The van der Waals surface area contributed by atoms with Crippen LogP contribution in [0.4, 0.5) is 10.1 Å². The number of benzene rings is 1. The van der Waals surface area contributed by atoms with E-state index in [2.05, 4.69) is 10.9 Å². The van der Waals surface area contributed by atoms with Gasteiger partial charge in [0.05, 0.1) is 11.3 Å². The lowest BCUT2D eigenvalue weighted by molar-refractivity contribution is -0.159. The minimum atomic E-state index is -1.82. The Bertz CT molecular complexity index is 493. The highest BCUT2D eigenvalue weighted by molar-refractivity contribution is 6.27. The van der Waals surface area contributed by atoms with E-state index >= 15 is 0 Å². The number of halogens is 1. The van der Waals surface area contributed by atoms with Gasteiger partial charge in [-0.25, -0.2) is 19.4 Å². The second-order valence-electron chi connectivity index (χ2n) is 4.65. The van der Waals surface area contributed by atoms with Gasteiger partial charge in [-0.1, -0.05) is 12.1 Å². The van der Waals surface area contributed by atoms with Crippen LogP contribution in [0.3, 0.4) is 0 Å². The quantitative estimate of drug-likeness (QED) is 0.412. The molecule has 0 radical (unpaired) electrons. The molecule has 0 heterocycles. The van der Waals surface area contributed by atoms with Crippen LogP contribution < -0.4 is 10.9 Å². The summed E-state index contributed by atoms with van der Waals surface area (Å²) in [6, 6.07) is 6.43. The van der Waals surface area contributed by atoms with E-state index in [0.717, 1.165) is 19.3 Å². The molecule has 7 nitrogen and oxygen atoms in total. The third kappa shape index (κ3) is 5.76. The predicted octanol–water partition coefficient (Wildman–Crippen LogP) is 0.813. The molecular formula is C13H17FN2O5. The lowest BCUT2D eigenvalue weighted by Gasteiger charge is -2.36. The summed E-state index contributed by atoms with van der Waals surface area (Å²) in [5.74, 6) is -3.95. The number of carboxylic acid groups (broad SMARTS) is 2. The van der Waals surface area contributed by atoms with Crippen molar-refractivity contribution in [3.05, 3.63) is 30.1 Å². The molecule has 1 aromatic rings. The van der Waals surface area contributed by atoms with Crippen molar-refractivity contribution in [1.82, 2.24) is 5.43 Å². The van der Waals surface area contributed by atoms with Gasteiger partial charge in [0.2, 0.25) is 0 Å². The lowest BCUT2D eigenvalue weighted by Crippen LogP contribution is -2.47. The molecule has 0 aliphatic heterocycles. The molecule has 5 N–H and O–H groups in total. The van der Waals surface area contributed by atoms with Crippen LogP contribution in [0.1, 0.15) is 19.3 Å². The largest absolute Gasteiger partial charge is 0.473 e. The Morgan fingerprint density at radius 1 is 1.19 bits per heavy atom. The van der Waals surface area contributed by atoms with Crippen molar-refractivity contribution < 1.29 is 29.3 Å². The van der Waals surface area contributed by atoms with Gasteiger partial charge < -0.3 is 20.7 Å². The lowest BCUT2D eigenvalue weighted by atomic mass is 9.80. The van der Waals surface area contributed by atoms with Gasteiger partial charge >= 0.3 is 11.9 Å². The highest BCUT2D eigenvalue weighted by atomic mass is 19.1. The van der Waals surface area contributed by atoms with Crippen LogP contribution in [-0.2, 0) is 9.59 Å². The summed E-state index contributed by atoms with van der Waals surface area (Å²) >= 11 is 0. The normalized spacial score (nSPS) is 15.1. The van der Waals surface area contributed by atoms with Crippen molar-refractivity contribution in [3.63, 3.8) is 0 Å². The molecular weight excluding hydrogens is 283 g/mol. The molecule has 1 fully saturated rings. The standard InChI is InChI=1S/C11H15FN2O.C2H2O4/c12-9-4-1-2-5-10(9)14-13-8-11(15)6-3-7-11;3-1(4)2(5)6/h1-2,4-5,13-15H,3,6-8H2;(H,3,4)(H,5,6). The highest BCUT2D eigenvalue weighted by Crippen LogP contribution is 2.30. The fourth-order valence-electron chi connectivity index (χ4n) is 1.63. The second-order valence-corrected chi connectivity index (χ2v) is 4.65. The SMILES string of the molecule is O=C(O)C(=O)O.OC1(CNNc2ccccc2F)CCC1. The Morgan fingerprint density at radius 3 is 2.19 bits per heavy atom. The average molecular weight is 300 g/mol. The first-order valence-electron chi connectivity index (χ1n) is 6.26. The van der Waals surface area contributed by atoms with E-state index in [1.54, 1.807) is 18.2 Å². The number of para-hydroxylation sites is 1. The fraction of sp³-hybridized carbons (Fsp3) is 0.385. The molecule has 0 aromatic heterocycles. The maximum Gasteiger partial charge on any atom is 0.414 e. The minimum Gasteiger partial charge on any atom is -0.473 e. The average Bonchev–Trinajstić information content (AvgIpc) is 2.39. The van der Waals surface area contributed by atoms with E-state index in [1.165, 1.54) is 6.07 Å². The molecule has 0 spiro atoms. The molecule has 2 rings (SSSR count). The fourth-order valence-corrected chi connectivity index (χ4v) is 1.63. The van der Waals surface area contributed by atoms with Gasteiger partial charge in [0.15, 0.2) is 0 Å². The topological polar surface area (TPSA) is 119 Å². The number of anilines is 1. The first kappa shape index (κ1) is 16.9. The zero-order valence-electron chi connectivity index (χ0n) is 11.2. The highest BCUT2D eigenvalue weighted by Gasteiger charge is 2.33. The van der Waals surface area contributed by atoms with Crippen molar-refractivity contribution in [1.29, 1.82) is 0 Å². The molecule has 116 valence electrons. The molecule has 21 heavy (non-hydrogen) atoms. The van der Waals surface area contributed by atoms with Crippen LogP contribution in [0, 0.1) is 5.82 Å². The van der Waals surface area contributed by atoms with Gasteiger partial charge in [-0.05, 0) is 31.4 Å². The number of hydrogen-bond donors (Lipinski definition) is 5. The summed E-state index contributed by atoms with van der Waals surface area (Å²) in [4.78, 5) is 18.2. The molecule has 8 heteroatoms. The van der Waals surface area contributed by atoms with Crippen molar-refractivity contribution >= 4 is 17.6 Å². The van der Waals surface area contributed by atoms with Gasteiger partial charge in [-0.3, -0.25) is 0 Å². The summed E-state index contributed by atoms with van der Waals surface area (Å²) in [6.07, 6.45) is 2.70. The van der Waals surface area contributed by atoms with E-state index in [1.807, 2.05) is 0 Å². The second kappa shape index (κ2) is 7.55. The third-order valence-corrected chi connectivity index (χ3v) is 2.98. The number of nitrogens with one attached hydrogen (secondary N) is 2. The molecule has 1 saturated carbocycles. The zero-order valence-corrected chi connectivity index (χ0v) is 11.2. The third-order valence-electron chi connectivity index (χ3n) is 2.98. The molecule has 1 aliphatic rings. The van der Waals surface area contributed by atoms with Gasteiger partial charge in [-0.2, -0.15) is 0 Å². The first-order chi connectivity index (χ1) is 9.84. The Morgan fingerprint density at radius 2 is 1.76 bits per heavy atom. The Labute approximate surface area is 120 Å². The summed E-state index contributed by atoms with van der Waals surface area (Å²) in [6.45, 7) is 0.446. The summed E-state index contributed by atoms with van der Waals surface area (Å²) in [5, 5.41) is 24.5. The van der Waals surface area contributed by atoms with Gasteiger partial charge in [-0.15, -0.1) is 0 Å². The smallest absolute Gasteiger partial charge is 0.414 e. The van der Waals surface area contributed by atoms with Crippen molar-refractivity contribution in [2.45, 2.75) is 24.9 Å². The summed E-state index contributed by atoms with van der Waals surface area (Å²) in [7, 11) is 0. The number of carbonyl (C=O) groups is 2. The number of aliphatic hydroxyl groups is 1. The van der Waals surface area contributed by atoms with Gasteiger partial charge in [0.25, 0.3) is 0 Å². The van der Waals surface area contributed by atoms with Crippen LogP contribution >= 0.6 is 0 Å². The van der Waals surface area contributed by atoms with E-state index in [4.69, 9.17) is 19.8 Å². The Hall–Kier alpha value is -2.19. The monoisotopic (exact) mass is 300 g/mol. The molecule has 0 unspecified atom stereocenters. The van der Waals surface area contributed by atoms with Crippen LogP contribution in [0.5, 0.6) is 0 Å². The molecule has 0 bridgehead atoms. The van der Waals surface area contributed by atoms with Crippen molar-refractivity contribution in [3.8, 4) is 0 Å². The maximum absolute atomic E-state index is 13.1. The Balaban J connectivity index is 0.000000315. The van der Waals surface area contributed by atoms with Gasteiger partial charge in [0, 0.05) is 6.54 Å². The van der Waals surface area contributed by atoms with E-state index in [9.17, 15) is 9.50 Å². The van der Waals surface area contributed by atoms with Crippen LogP contribution in [0.15, 0.2) is 24.3 Å². The zero-order chi connectivity index (χ0) is 15.9. The molecule has 1 aliphatic carbocycles. The van der Waals surface area contributed by atoms with E-state index in [-0.39, 0.29) is 5.82 Å². The predicted molar refractivity (Wildman–Crippen MR) is 72.1 cm³/mol. The van der Waals surface area contributed by atoms with Crippen LogP contribution in [0.2, 0.25) is 0 Å². The number of hydrogen-bond acceptors (Lipinski definition) is 5. The molecule has 1 aromatic carbocycles. The molecule has 0 amide bonds. The molecule has 0 saturated heterocycles. The summed E-state index contributed by atoms with van der Waals surface area (Å²) in [5.41, 5.74) is 5.40. The maximum atomic E-state index is 13.1. The van der Waals surface area contributed by atoms with Gasteiger partial charge in [0.1, 0.15) is 5.82 Å². The van der Waals surface area contributed by atoms with Crippen LogP contribution in [0.25, 0.3) is 0 Å². The van der Waals surface area contributed by atoms with E-state index < -0.39 is 17.5 Å². The number of hydrazine groups is 1. The number of aliphatic carboxylic acids is 2. The van der Waals surface area contributed by atoms with Crippen LogP contribution in [-0.4, -0.2) is 39.4 Å².